The van der Waals surface area contributed by atoms with Crippen molar-refractivity contribution in [2.24, 2.45) is 5.92 Å². The van der Waals surface area contributed by atoms with Gasteiger partial charge in [-0.25, -0.2) is 0 Å². The van der Waals surface area contributed by atoms with Crippen LogP contribution in [0.25, 0.3) is 0 Å². The fourth-order valence-corrected chi connectivity index (χ4v) is 3.72. The molecule has 3 heteroatoms. The molecule has 1 aliphatic rings. The summed E-state index contributed by atoms with van der Waals surface area (Å²) in [4.78, 5) is 25.3. The Bertz CT molecular complexity index is 719. The molecule has 1 saturated carbocycles. The fraction of sp³-hybridized carbons (Fsp3) is 0.364. The van der Waals surface area contributed by atoms with Crippen LogP contribution in [0.1, 0.15) is 53.9 Å². The van der Waals surface area contributed by atoms with Crippen LogP contribution in [0.4, 0.5) is 0 Å². The van der Waals surface area contributed by atoms with Crippen LogP contribution in [0, 0.1) is 5.92 Å². The minimum absolute atomic E-state index is 0.0383. The Labute approximate surface area is 149 Å². The highest BCUT2D eigenvalue weighted by Crippen LogP contribution is 2.37. The second kappa shape index (κ2) is 8.11. The topological polar surface area (TPSA) is 43.4 Å². The fourth-order valence-electron chi connectivity index (χ4n) is 3.72. The zero-order chi connectivity index (χ0) is 17.6. The van der Waals surface area contributed by atoms with Gasteiger partial charge in [0.25, 0.3) is 0 Å². The van der Waals surface area contributed by atoms with Crippen LogP contribution in [0.2, 0.25) is 0 Å². The number of ketones is 2. The Balaban J connectivity index is 1.83. The van der Waals surface area contributed by atoms with E-state index in [2.05, 4.69) is 0 Å². The summed E-state index contributed by atoms with van der Waals surface area (Å²) >= 11 is 0. The molecule has 3 nitrogen and oxygen atoms in total. The Kier molecular flexibility index (Phi) is 5.64. The summed E-state index contributed by atoms with van der Waals surface area (Å²) in [5, 5.41) is 0. The lowest BCUT2D eigenvalue weighted by Gasteiger charge is -2.29. The lowest BCUT2D eigenvalue weighted by molar-refractivity contribution is -0.125. The van der Waals surface area contributed by atoms with Gasteiger partial charge in [0, 0.05) is 30.2 Å². The van der Waals surface area contributed by atoms with E-state index in [1.807, 2.05) is 30.3 Å². The third kappa shape index (κ3) is 4.16. The molecule has 0 unspecified atom stereocenters. The van der Waals surface area contributed by atoms with E-state index in [9.17, 15) is 9.59 Å². The van der Waals surface area contributed by atoms with E-state index in [0.29, 0.717) is 24.2 Å². The van der Waals surface area contributed by atoms with Crippen LogP contribution in [-0.4, -0.2) is 18.7 Å². The zero-order valence-corrected chi connectivity index (χ0v) is 14.6. The van der Waals surface area contributed by atoms with Crippen molar-refractivity contribution in [1.29, 1.82) is 0 Å². The van der Waals surface area contributed by atoms with Crippen LogP contribution in [-0.2, 0) is 4.79 Å². The molecule has 3 rings (SSSR count). The third-order valence-corrected chi connectivity index (χ3v) is 5.13. The van der Waals surface area contributed by atoms with Gasteiger partial charge in [-0.1, -0.05) is 36.8 Å². The number of hydrogen-bond acceptors (Lipinski definition) is 3. The highest BCUT2D eigenvalue weighted by molar-refractivity contribution is 5.97. The van der Waals surface area contributed by atoms with Gasteiger partial charge < -0.3 is 4.74 Å². The van der Waals surface area contributed by atoms with Gasteiger partial charge in [0.2, 0.25) is 0 Å². The van der Waals surface area contributed by atoms with Crippen molar-refractivity contribution in [3.8, 4) is 5.75 Å². The van der Waals surface area contributed by atoms with Crippen LogP contribution in [0.15, 0.2) is 54.6 Å². The number of carbonyl (C=O) groups excluding carboxylic acids is 2. The predicted molar refractivity (Wildman–Crippen MR) is 98.1 cm³/mol. The maximum absolute atomic E-state index is 12.8. The summed E-state index contributed by atoms with van der Waals surface area (Å²) in [7, 11) is 1.61. The summed E-state index contributed by atoms with van der Waals surface area (Å²) < 4.78 is 5.15. The number of rotatable bonds is 6. The van der Waals surface area contributed by atoms with E-state index in [1.165, 1.54) is 0 Å². The number of carbonyl (C=O) groups is 2. The average molecular weight is 336 g/mol. The van der Waals surface area contributed by atoms with Crippen molar-refractivity contribution < 1.29 is 14.3 Å². The van der Waals surface area contributed by atoms with Crippen molar-refractivity contribution in [3.05, 3.63) is 65.7 Å². The number of ether oxygens (including phenoxy) is 1. The van der Waals surface area contributed by atoms with E-state index >= 15 is 0 Å². The first-order valence-corrected chi connectivity index (χ1v) is 8.94. The molecule has 130 valence electrons. The smallest absolute Gasteiger partial charge is 0.163 e. The molecule has 0 aromatic heterocycles. The lowest BCUT2D eigenvalue weighted by Crippen LogP contribution is -2.27. The molecule has 1 fully saturated rings. The minimum Gasteiger partial charge on any atom is -0.497 e. The SMILES string of the molecule is COc1ccc(C(=O)C[C@H](c2ccccc2)[C@H]2CCCCC2=O)cc1. The lowest BCUT2D eigenvalue weighted by atomic mass is 9.73. The van der Waals surface area contributed by atoms with E-state index in [1.54, 1.807) is 31.4 Å². The second-order valence-corrected chi connectivity index (χ2v) is 6.69. The second-order valence-electron chi connectivity index (χ2n) is 6.69. The predicted octanol–water partition coefficient (Wildman–Crippen LogP) is 4.81. The largest absolute Gasteiger partial charge is 0.497 e. The minimum atomic E-state index is -0.0432. The number of benzene rings is 2. The molecule has 0 radical (unpaired) electrons. The van der Waals surface area contributed by atoms with Crippen molar-refractivity contribution in [3.63, 3.8) is 0 Å². The molecule has 2 aromatic carbocycles. The van der Waals surface area contributed by atoms with E-state index in [4.69, 9.17) is 4.74 Å². The van der Waals surface area contributed by atoms with E-state index in [0.717, 1.165) is 30.6 Å². The maximum atomic E-state index is 12.8. The summed E-state index contributed by atoms with van der Waals surface area (Å²) in [6.45, 7) is 0. The third-order valence-electron chi connectivity index (χ3n) is 5.13. The van der Waals surface area contributed by atoms with Gasteiger partial charge in [-0.05, 0) is 42.7 Å². The molecule has 2 aromatic rings. The normalized spacial score (nSPS) is 18.6. The molecule has 0 amide bonds. The van der Waals surface area contributed by atoms with E-state index in [-0.39, 0.29) is 17.6 Å². The molecule has 0 aliphatic heterocycles. The van der Waals surface area contributed by atoms with Gasteiger partial charge in [-0.3, -0.25) is 9.59 Å². The Morgan fingerprint density at radius 3 is 2.44 bits per heavy atom. The van der Waals surface area contributed by atoms with Gasteiger partial charge in [0.15, 0.2) is 5.78 Å². The van der Waals surface area contributed by atoms with Crippen LogP contribution >= 0.6 is 0 Å². The van der Waals surface area contributed by atoms with Crippen molar-refractivity contribution in [2.75, 3.05) is 7.11 Å². The first kappa shape index (κ1) is 17.4. The van der Waals surface area contributed by atoms with Gasteiger partial charge in [0.1, 0.15) is 11.5 Å². The summed E-state index contributed by atoms with van der Waals surface area (Å²) in [6.07, 6.45) is 3.94. The first-order valence-electron chi connectivity index (χ1n) is 8.94. The number of methoxy groups -OCH3 is 1. The Morgan fingerprint density at radius 2 is 1.80 bits per heavy atom. The van der Waals surface area contributed by atoms with Crippen LogP contribution < -0.4 is 4.74 Å². The van der Waals surface area contributed by atoms with Crippen molar-refractivity contribution >= 4 is 11.6 Å². The molecule has 2 atom stereocenters. The monoisotopic (exact) mass is 336 g/mol. The van der Waals surface area contributed by atoms with Gasteiger partial charge in [-0.15, -0.1) is 0 Å². The molecular weight excluding hydrogens is 312 g/mol. The van der Waals surface area contributed by atoms with Gasteiger partial charge >= 0.3 is 0 Å². The summed E-state index contributed by atoms with van der Waals surface area (Å²) in [5.74, 6) is 1.04. The zero-order valence-electron chi connectivity index (χ0n) is 14.6. The average Bonchev–Trinajstić information content (AvgIpc) is 2.67. The molecule has 1 aliphatic carbocycles. The summed E-state index contributed by atoms with van der Waals surface area (Å²) in [5.41, 5.74) is 1.76. The Morgan fingerprint density at radius 1 is 1.08 bits per heavy atom. The maximum Gasteiger partial charge on any atom is 0.163 e. The molecule has 25 heavy (non-hydrogen) atoms. The number of hydrogen-bond donors (Lipinski definition) is 0. The van der Waals surface area contributed by atoms with Crippen LogP contribution in [0.5, 0.6) is 5.75 Å². The van der Waals surface area contributed by atoms with Crippen LogP contribution in [0.3, 0.4) is 0 Å². The van der Waals surface area contributed by atoms with Crippen molar-refractivity contribution in [1.82, 2.24) is 0 Å². The molecule has 0 heterocycles. The Hall–Kier alpha value is -2.42. The van der Waals surface area contributed by atoms with Gasteiger partial charge in [0.05, 0.1) is 7.11 Å². The summed E-state index contributed by atoms with van der Waals surface area (Å²) in [6, 6.07) is 17.2. The quantitative estimate of drug-likeness (QED) is 0.711. The molecular formula is C22H24O3. The van der Waals surface area contributed by atoms with Crippen molar-refractivity contribution in [2.45, 2.75) is 38.0 Å². The molecule has 0 saturated heterocycles. The first-order chi connectivity index (χ1) is 12.2. The molecule has 0 N–H and O–H groups in total. The highest BCUT2D eigenvalue weighted by atomic mass is 16.5. The number of Topliss-reactive ketones (excluding diaryl/α,β-unsaturated/α-hetero) is 2. The molecule has 0 bridgehead atoms. The van der Waals surface area contributed by atoms with E-state index < -0.39 is 0 Å². The van der Waals surface area contributed by atoms with Gasteiger partial charge in [-0.2, -0.15) is 0 Å². The highest BCUT2D eigenvalue weighted by Gasteiger charge is 2.32. The molecule has 0 spiro atoms. The standard InChI is InChI=1S/C22H24O3/c1-25-18-13-11-17(12-14-18)22(24)15-20(16-7-3-2-4-8-16)19-9-5-6-10-21(19)23/h2-4,7-8,11-14,19-20H,5-6,9-10,15H2,1H3/t19-,20-/m1/s1.